The fraction of sp³-hybridized carbons (Fsp3) is 0.778. The first kappa shape index (κ1) is 16.1. The molecule has 1 aromatic rings. The zero-order valence-electron chi connectivity index (χ0n) is 14.6. The van der Waals surface area contributed by atoms with E-state index in [2.05, 4.69) is 21.9 Å². The lowest BCUT2D eigenvalue weighted by Crippen LogP contribution is -2.35. The van der Waals surface area contributed by atoms with Gasteiger partial charge >= 0.3 is 0 Å². The van der Waals surface area contributed by atoms with Gasteiger partial charge in [0.15, 0.2) is 0 Å². The van der Waals surface area contributed by atoms with E-state index in [1.54, 1.807) is 0 Å². The van der Waals surface area contributed by atoms with Gasteiger partial charge in [0.2, 0.25) is 5.91 Å². The molecule has 0 bridgehead atoms. The van der Waals surface area contributed by atoms with E-state index in [9.17, 15) is 4.79 Å². The molecular weight excluding hydrogens is 302 g/mol. The highest BCUT2D eigenvalue weighted by Crippen LogP contribution is 2.44. The number of rotatable bonds is 2. The van der Waals surface area contributed by atoms with Crippen molar-refractivity contribution in [3.8, 4) is 0 Å². The van der Waals surface area contributed by atoms with Gasteiger partial charge in [0, 0.05) is 23.9 Å². The molecule has 132 valence electrons. The number of likely N-dealkylation sites (tertiary alicyclic amines) is 1. The largest absolute Gasteiger partial charge is 0.328 e. The summed E-state index contributed by atoms with van der Waals surface area (Å²) in [4.78, 5) is 14.7. The van der Waals surface area contributed by atoms with E-state index in [0.29, 0.717) is 30.3 Å². The predicted molar refractivity (Wildman–Crippen MR) is 93.9 cm³/mol. The van der Waals surface area contributed by atoms with Crippen molar-refractivity contribution < 1.29 is 4.79 Å². The number of aromatic nitrogens is 2. The van der Waals surface area contributed by atoms with Crippen LogP contribution in [0.5, 0.6) is 0 Å². The van der Waals surface area contributed by atoms with Crippen LogP contribution in [0.1, 0.15) is 62.5 Å². The molecule has 3 aliphatic rings. The Labute approximate surface area is 143 Å². The lowest BCUT2D eigenvalue weighted by atomic mass is 9.73. The molecule has 2 aliphatic heterocycles. The quantitative estimate of drug-likeness (QED) is 0.870. The van der Waals surface area contributed by atoms with Crippen molar-refractivity contribution in [2.75, 3.05) is 25.5 Å². The lowest BCUT2D eigenvalue weighted by molar-refractivity contribution is -0.117. The molecular formula is C18H29N5O. The monoisotopic (exact) mass is 331 g/mol. The maximum atomic E-state index is 12.3. The number of nitrogens with zero attached hydrogens (tertiary/aromatic N) is 3. The van der Waals surface area contributed by atoms with Crippen LogP contribution in [-0.4, -0.2) is 46.8 Å². The first-order valence-corrected chi connectivity index (χ1v) is 9.43. The summed E-state index contributed by atoms with van der Waals surface area (Å²) >= 11 is 0. The average Bonchev–Trinajstić information content (AvgIpc) is 2.99. The average molecular weight is 331 g/mol. The Bertz CT molecular complexity index is 597. The fourth-order valence-electron chi connectivity index (χ4n) is 4.75. The third-order valence-corrected chi connectivity index (χ3v) is 6.31. The van der Waals surface area contributed by atoms with E-state index in [0.717, 1.165) is 57.4 Å². The summed E-state index contributed by atoms with van der Waals surface area (Å²) in [5.41, 5.74) is 7.32. The lowest BCUT2D eigenvalue weighted by Gasteiger charge is -2.35. The molecule has 3 heterocycles. The number of amides is 1. The van der Waals surface area contributed by atoms with Gasteiger partial charge < -0.3 is 16.0 Å². The molecule has 1 aliphatic carbocycles. The van der Waals surface area contributed by atoms with Crippen LogP contribution in [0.15, 0.2) is 6.20 Å². The third-order valence-electron chi connectivity index (χ3n) is 6.31. The predicted octanol–water partition coefficient (Wildman–Crippen LogP) is 2.09. The normalized spacial score (nSPS) is 32.4. The molecule has 3 N–H and O–H groups in total. The van der Waals surface area contributed by atoms with Crippen molar-refractivity contribution in [3.63, 3.8) is 0 Å². The summed E-state index contributed by atoms with van der Waals surface area (Å²) in [5.74, 6) is 2.02. The first-order valence-electron chi connectivity index (χ1n) is 9.43. The Morgan fingerprint density at radius 1 is 1.17 bits per heavy atom. The number of anilines is 1. The topological polar surface area (TPSA) is 76.2 Å². The van der Waals surface area contributed by atoms with Gasteiger partial charge in [0.25, 0.3) is 0 Å². The molecule has 0 radical (unpaired) electrons. The van der Waals surface area contributed by atoms with E-state index in [1.165, 1.54) is 5.56 Å². The highest BCUT2D eigenvalue weighted by atomic mass is 16.1. The minimum atomic E-state index is 0.150. The van der Waals surface area contributed by atoms with Gasteiger partial charge in [0.1, 0.15) is 5.82 Å². The van der Waals surface area contributed by atoms with Crippen molar-refractivity contribution in [2.24, 2.45) is 11.7 Å². The zero-order valence-corrected chi connectivity index (χ0v) is 14.6. The second kappa shape index (κ2) is 6.48. The Morgan fingerprint density at radius 2 is 1.88 bits per heavy atom. The Kier molecular flexibility index (Phi) is 4.35. The number of piperidine rings is 1. The fourth-order valence-corrected chi connectivity index (χ4v) is 4.75. The molecule has 0 spiro atoms. The summed E-state index contributed by atoms with van der Waals surface area (Å²) in [6, 6.07) is 0.754. The maximum Gasteiger partial charge on any atom is 0.226 e. The first-order chi connectivity index (χ1) is 11.6. The molecule has 6 nitrogen and oxygen atoms in total. The van der Waals surface area contributed by atoms with E-state index in [4.69, 9.17) is 10.8 Å². The molecule has 4 rings (SSSR count). The highest BCUT2D eigenvalue weighted by molar-refractivity contribution is 5.93. The van der Waals surface area contributed by atoms with Gasteiger partial charge in [-0.25, -0.2) is 4.68 Å². The van der Waals surface area contributed by atoms with Crippen molar-refractivity contribution in [2.45, 2.75) is 62.9 Å². The maximum absolute atomic E-state index is 12.3. The van der Waals surface area contributed by atoms with E-state index >= 15 is 0 Å². The Hall–Kier alpha value is -1.40. The molecule has 0 aromatic carbocycles. The molecule has 1 saturated carbocycles. The molecule has 1 saturated heterocycles. The van der Waals surface area contributed by atoms with Gasteiger partial charge in [-0.15, -0.1) is 0 Å². The van der Waals surface area contributed by atoms with Gasteiger partial charge in [-0.3, -0.25) is 4.79 Å². The van der Waals surface area contributed by atoms with E-state index in [-0.39, 0.29) is 5.91 Å². The van der Waals surface area contributed by atoms with Crippen molar-refractivity contribution in [3.05, 3.63) is 11.8 Å². The van der Waals surface area contributed by atoms with Gasteiger partial charge in [-0.05, 0) is 64.6 Å². The minimum absolute atomic E-state index is 0.150. The summed E-state index contributed by atoms with van der Waals surface area (Å²) in [6.07, 6.45) is 9.27. The number of fused-ring (bicyclic) bond motifs is 1. The van der Waals surface area contributed by atoms with E-state index < -0.39 is 0 Å². The number of carbonyl (C=O) groups is 1. The summed E-state index contributed by atoms with van der Waals surface area (Å²) in [7, 11) is 2.17. The van der Waals surface area contributed by atoms with Crippen LogP contribution in [0, 0.1) is 5.92 Å². The zero-order chi connectivity index (χ0) is 16.7. The van der Waals surface area contributed by atoms with Crippen LogP contribution in [0.4, 0.5) is 5.82 Å². The SMILES string of the molecule is CN1CCC(n2ncc3c2NC(=O)C[C@@H]3C2CCC(N)CC2)CC1. The van der Waals surface area contributed by atoms with E-state index in [1.807, 2.05) is 6.20 Å². The van der Waals surface area contributed by atoms with Crippen LogP contribution in [0.25, 0.3) is 0 Å². The third kappa shape index (κ3) is 2.97. The molecule has 1 atom stereocenters. The Balaban J connectivity index is 1.58. The molecule has 0 unspecified atom stereocenters. The number of nitrogens with two attached hydrogens (primary N) is 1. The summed E-state index contributed by atoms with van der Waals surface area (Å²) < 4.78 is 2.10. The van der Waals surface area contributed by atoms with Crippen molar-refractivity contribution in [1.82, 2.24) is 14.7 Å². The van der Waals surface area contributed by atoms with Crippen LogP contribution >= 0.6 is 0 Å². The standard InChI is InChI=1S/C18H29N5O/c1-22-8-6-14(7-9-22)23-18-16(11-20-23)15(10-17(24)21-18)12-2-4-13(19)5-3-12/h11-15H,2-10,19H2,1H3,(H,21,24)/t12?,13?,15-/m1/s1. The smallest absolute Gasteiger partial charge is 0.226 e. The summed E-state index contributed by atoms with van der Waals surface area (Å²) in [6.45, 7) is 2.19. The number of nitrogens with one attached hydrogen (secondary N) is 1. The molecule has 24 heavy (non-hydrogen) atoms. The molecule has 1 amide bonds. The number of hydrogen-bond acceptors (Lipinski definition) is 4. The van der Waals surface area contributed by atoms with Crippen LogP contribution in [0.2, 0.25) is 0 Å². The van der Waals surface area contributed by atoms with Gasteiger partial charge in [0.05, 0.1) is 12.2 Å². The number of hydrogen-bond donors (Lipinski definition) is 2. The highest BCUT2D eigenvalue weighted by Gasteiger charge is 2.36. The van der Waals surface area contributed by atoms with Crippen molar-refractivity contribution in [1.29, 1.82) is 0 Å². The molecule has 2 fully saturated rings. The molecule has 6 heteroatoms. The van der Waals surface area contributed by atoms with Crippen LogP contribution in [-0.2, 0) is 4.79 Å². The molecule has 1 aromatic heterocycles. The second-order valence-corrected chi connectivity index (χ2v) is 7.96. The second-order valence-electron chi connectivity index (χ2n) is 7.96. The van der Waals surface area contributed by atoms with Gasteiger partial charge in [-0.2, -0.15) is 5.10 Å². The van der Waals surface area contributed by atoms with Crippen LogP contribution < -0.4 is 11.1 Å². The van der Waals surface area contributed by atoms with Crippen LogP contribution in [0.3, 0.4) is 0 Å². The minimum Gasteiger partial charge on any atom is -0.328 e. The van der Waals surface area contributed by atoms with Crippen molar-refractivity contribution >= 4 is 11.7 Å². The van der Waals surface area contributed by atoms with Gasteiger partial charge in [-0.1, -0.05) is 0 Å². The Morgan fingerprint density at radius 3 is 2.58 bits per heavy atom. The summed E-state index contributed by atoms with van der Waals surface area (Å²) in [5, 5.41) is 7.82. The number of carbonyl (C=O) groups excluding carboxylic acids is 1.